The van der Waals surface area contributed by atoms with Crippen molar-refractivity contribution in [2.45, 2.75) is 38.5 Å². The number of rotatable bonds is 7. The van der Waals surface area contributed by atoms with E-state index in [2.05, 4.69) is 17.2 Å². The van der Waals surface area contributed by atoms with E-state index in [0.717, 1.165) is 25.2 Å². The van der Waals surface area contributed by atoms with Crippen molar-refractivity contribution >= 4 is 28.5 Å². The number of benzene rings is 1. The van der Waals surface area contributed by atoms with Crippen LogP contribution in [0.1, 0.15) is 33.1 Å². The first-order valence-electron chi connectivity index (χ1n) is 9.33. The van der Waals surface area contributed by atoms with E-state index in [-0.39, 0.29) is 12.6 Å². The largest absolute Gasteiger partial charge is 0.482 e. The van der Waals surface area contributed by atoms with Crippen LogP contribution < -0.4 is 15.1 Å². The molecular formula is C19H27N3O3S. The Hall–Kier alpha value is -1.73. The van der Waals surface area contributed by atoms with Crippen LogP contribution in [0.25, 0.3) is 0 Å². The summed E-state index contributed by atoms with van der Waals surface area (Å²) in [7, 11) is 0. The molecule has 1 aromatic carbocycles. The molecule has 1 fully saturated rings. The van der Waals surface area contributed by atoms with Crippen molar-refractivity contribution in [3.63, 3.8) is 0 Å². The van der Waals surface area contributed by atoms with Crippen molar-refractivity contribution in [2.24, 2.45) is 11.0 Å². The molecule has 26 heavy (non-hydrogen) atoms. The Morgan fingerprint density at radius 3 is 2.65 bits per heavy atom. The van der Waals surface area contributed by atoms with E-state index in [0.29, 0.717) is 23.6 Å². The van der Waals surface area contributed by atoms with Gasteiger partial charge >= 0.3 is 5.97 Å². The summed E-state index contributed by atoms with van der Waals surface area (Å²) < 4.78 is 10.4. The van der Waals surface area contributed by atoms with Gasteiger partial charge in [0.05, 0.1) is 17.3 Å². The van der Waals surface area contributed by atoms with Crippen molar-refractivity contribution in [2.75, 3.05) is 31.3 Å². The van der Waals surface area contributed by atoms with E-state index in [9.17, 15) is 4.79 Å². The van der Waals surface area contributed by atoms with Crippen LogP contribution in [0.4, 0.5) is 5.69 Å². The SMILES string of the molecule is CCOC(=O)COc1ccc(N2N=C(CC)SC2C2CCNCC2)cc1. The molecule has 2 heterocycles. The first-order chi connectivity index (χ1) is 12.7. The summed E-state index contributed by atoms with van der Waals surface area (Å²) in [4.78, 5) is 11.4. The van der Waals surface area contributed by atoms with E-state index < -0.39 is 0 Å². The number of hydrogen-bond acceptors (Lipinski definition) is 7. The van der Waals surface area contributed by atoms with Crippen LogP contribution in [-0.2, 0) is 9.53 Å². The minimum atomic E-state index is -0.351. The van der Waals surface area contributed by atoms with Crippen LogP contribution in [-0.4, -0.2) is 42.7 Å². The van der Waals surface area contributed by atoms with Gasteiger partial charge < -0.3 is 14.8 Å². The van der Waals surface area contributed by atoms with E-state index in [1.54, 1.807) is 6.92 Å². The Morgan fingerprint density at radius 1 is 1.27 bits per heavy atom. The second-order valence-corrected chi connectivity index (χ2v) is 7.57. The van der Waals surface area contributed by atoms with E-state index in [4.69, 9.17) is 14.6 Å². The molecule has 0 aliphatic carbocycles. The number of carbonyl (C=O) groups excluding carboxylic acids is 1. The number of anilines is 1. The fraction of sp³-hybridized carbons (Fsp3) is 0.579. The zero-order chi connectivity index (χ0) is 18.4. The predicted octanol–water partition coefficient (Wildman–Crippen LogP) is 3.23. The van der Waals surface area contributed by atoms with E-state index in [1.807, 2.05) is 36.0 Å². The third kappa shape index (κ3) is 4.71. The molecule has 142 valence electrons. The zero-order valence-electron chi connectivity index (χ0n) is 15.4. The van der Waals surface area contributed by atoms with Crippen LogP contribution in [0.5, 0.6) is 5.75 Å². The number of piperidine rings is 1. The third-order valence-corrected chi connectivity index (χ3v) is 6.04. The maximum Gasteiger partial charge on any atom is 0.344 e. The van der Waals surface area contributed by atoms with Gasteiger partial charge in [0.25, 0.3) is 0 Å². The summed E-state index contributed by atoms with van der Waals surface area (Å²) in [5.41, 5.74) is 1.06. The molecule has 0 amide bonds. The van der Waals surface area contributed by atoms with Crippen molar-refractivity contribution in [3.05, 3.63) is 24.3 Å². The highest BCUT2D eigenvalue weighted by atomic mass is 32.2. The quantitative estimate of drug-likeness (QED) is 0.736. The van der Waals surface area contributed by atoms with E-state index >= 15 is 0 Å². The number of hydrogen-bond donors (Lipinski definition) is 1. The number of hydrazone groups is 1. The number of nitrogens with zero attached hydrogens (tertiary/aromatic N) is 2. The fourth-order valence-corrected chi connectivity index (χ4v) is 4.53. The standard InChI is InChI=1S/C19H27N3O3S/c1-3-17-21-22(19(26-17)14-9-11-20-12-10-14)15-5-7-16(8-6-15)25-13-18(23)24-4-2/h5-8,14,19-20H,3-4,9-13H2,1-2H3. The Labute approximate surface area is 159 Å². The molecule has 0 aromatic heterocycles. The van der Waals surface area contributed by atoms with Crippen molar-refractivity contribution in [1.82, 2.24) is 5.32 Å². The molecule has 1 unspecified atom stereocenters. The lowest BCUT2D eigenvalue weighted by molar-refractivity contribution is -0.145. The van der Waals surface area contributed by atoms with Crippen LogP contribution in [0, 0.1) is 5.92 Å². The average molecular weight is 378 g/mol. The molecule has 1 atom stereocenters. The van der Waals surface area contributed by atoms with E-state index in [1.165, 1.54) is 17.9 Å². The second-order valence-electron chi connectivity index (χ2n) is 6.38. The van der Waals surface area contributed by atoms with Gasteiger partial charge in [-0.05, 0) is 69.5 Å². The van der Waals surface area contributed by atoms with Gasteiger partial charge in [-0.25, -0.2) is 4.79 Å². The van der Waals surface area contributed by atoms with Crippen molar-refractivity contribution < 1.29 is 14.3 Å². The van der Waals surface area contributed by atoms with Gasteiger partial charge in [-0.15, -0.1) is 0 Å². The molecule has 7 heteroatoms. The monoisotopic (exact) mass is 377 g/mol. The molecule has 0 saturated carbocycles. The average Bonchev–Trinajstić information content (AvgIpc) is 3.12. The first-order valence-corrected chi connectivity index (χ1v) is 10.2. The molecule has 3 rings (SSSR count). The minimum absolute atomic E-state index is 0.0669. The van der Waals surface area contributed by atoms with Crippen molar-refractivity contribution in [1.29, 1.82) is 0 Å². The summed E-state index contributed by atoms with van der Waals surface area (Å²) in [5, 5.41) is 12.0. The minimum Gasteiger partial charge on any atom is -0.482 e. The van der Waals surface area contributed by atoms with Gasteiger partial charge in [-0.3, -0.25) is 5.01 Å². The topological polar surface area (TPSA) is 63.2 Å². The first kappa shape index (κ1) is 19.0. The smallest absolute Gasteiger partial charge is 0.344 e. The molecule has 1 saturated heterocycles. The molecule has 1 N–H and O–H groups in total. The van der Waals surface area contributed by atoms with Crippen LogP contribution in [0.3, 0.4) is 0 Å². The number of ether oxygens (including phenoxy) is 2. The second kappa shape index (κ2) is 9.28. The summed E-state index contributed by atoms with van der Waals surface area (Å²) in [6.07, 6.45) is 3.33. The Bertz CT molecular complexity index is 629. The number of carbonyl (C=O) groups is 1. The highest BCUT2D eigenvalue weighted by molar-refractivity contribution is 8.14. The van der Waals surface area contributed by atoms with Gasteiger partial charge in [-0.2, -0.15) is 5.10 Å². The highest BCUT2D eigenvalue weighted by Gasteiger charge is 2.35. The number of nitrogens with one attached hydrogen (secondary N) is 1. The Balaban J connectivity index is 1.67. The lowest BCUT2D eigenvalue weighted by Crippen LogP contribution is -2.38. The molecule has 0 spiro atoms. The van der Waals surface area contributed by atoms with Gasteiger partial charge in [0.1, 0.15) is 11.1 Å². The molecular weight excluding hydrogens is 350 g/mol. The predicted molar refractivity (Wildman–Crippen MR) is 106 cm³/mol. The lowest BCUT2D eigenvalue weighted by atomic mass is 9.97. The molecule has 2 aliphatic heterocycles. The van der Waals surface area contributed by atoms with Crippen molar-refractivity contribution in [3.8, 4) is 5.75 Å². The summed E-state index contributed by atoms with van der Waals surface area (Å²) in [6, 6.07) is 7.80. The van der Waals surface area contributed by atoms with Gasteiger partial charge in [0.15, 0.2) is 6.61 Å². The molecule has 1 aromatic rings. The Morgan fingerprint density at radius 2 is 2.00 bits per heavy atom. The third-order valence-electron chi connectivity index (χ3n) is 4.57. The van der Waals surface area contributed by atoms with Gasteiger partial charge in [-0.1, -0.05) is 18.7 Å². The highest BCUT2D eigenvalue weighted by Crippen LogP contribution is 2.39. The van der Waals surface area contributed by atoms with Crippen LogP contribution in [0.2, 0.25) is 0 Å². The summed E-state index contributed by atoms with van der Waals surface area (Å²) >= 11 is 1.90. The van der Waals surface area contributed by atoms with Crippen LogP contribution >= 0.6 is 11.8 Å². The molecule has 2 aliphatic rings. The fourth-order valence-electron chi connectivity index (χ4n) is 3.21. The number of esters is 1. The number of thioether (sulfide) groups is 1. The molecule has 6 nitrogen and oxygen atoms in total. The van der Waals surface area contributed by atoms with Gasteiger partial charge in [0, 0.05) is 0 Å². The summed E-state index contributed by atoms with van der Waals surface area (Å²) in [6.45, 7) is 6.40. The molecule has 0 bridgehead atoms. The molecule has 0 radical (unpaired) electrons. The zero-order valence-corrected chi connectivity index (χ0v) is 16.3. The maximum absolute atomic E-state index is 11.4. The maximum atomic E-state index is 11.4. The normalized spacial score (nSPS) is 20.8. The lowest BCUT2D eigenvalue weighted by Gasteiger charge is -2.32. The summed E-state index contributed by atoms with van der Waals surface area (Å²) in [5.74, 6) is 0.941. The van der Waals surface area contributed by atoms with Crippen LogP contribution in [0.15, 0.2) is 29.4 Å². The van der Waals surface area contributed by atoms with Gasteiger partial charge in [0.2, 0.25) is 0 Å². The Kier molecular flexibility index (Phi) is 6.80.